The van der Waals surface area contributed by atoms with Crippen molar-refractivity contribution < 1.29 is 0 Å². The van der Waals surface area contributed by atoms with E-state index in [0.717, 1.165) is 41.7 Å². The van der Waals surface area contributed by atoms with Gasteiger partial charge in [0.05, 0.1) is 6.54 Å². The second-order valence-electron chi connectivity index (χ2n) is 4.48. The zero-order valence-corrected chi connectivity index (χ0v) is 12.8. The number of hydrogen-bond acceptors (Lipinski definition) is 3. The maximum absolute atomic E-state index is 6.20. The summed E-state index contributed by atoms with van der Waals surface area (Å²) in [6, 6.07) is 0. The molecular formula is C13H19ClN4S. The first kappa shape index (κ1) is 14.5. The van der Waals surface area contributed by atoms with Gasteiger partial charge in [0, 0.05) is 29.1 Å². The number of aliphatic imine (C=N–C) groups is 1. The fourth-order valence-corrected chi connectivity index (χ4v) is 2.95. The Morgan fingerprint density at radius 1 is 1.68 bits per heavy atom. The number of guanidine groups is 1. The molecule has 0 bridgehead atoms. The summed E-state index contributed by atoms with van der Waals surface area (Å²) in [7, 11) is 1.77. The van der Waals surface area contributed by atoms with Crippen LogP contribution in [0.1, 0.15) is 26.2 Å². The summed E-state index contributed by atoms with van der Waals surface area (Å²) in [6.45, 7) is 3.06. The normalized spacial score (nSPS) is 23.4. The monoisotopic (exact) mass is 298 g/mol. The maximum Gasteiger partial charge on any atom is 0.224 e. The Balaban J connectivity index is 1.91. The summed E-state index contributed by atoms with van der Waals surface area (Å²) in [5.41, 5.74) is 0. The molecular weight excluding hydrogens is 280 g/mol. The van der Waals surface area contributed by atoms with Gasteiger partial charge in [-0.1, -0.05) is 24.6 Å². The molecule has 6 heteroatoms. The van der Waals surface area contributed by atoms with Gasteiger partial charge in [-0.3, -0.25) is 9.71 Å². The third-order valence-electron chi connectivity index (χ3n) is 3.12. The average Bonchev–Trinajstić information content (AvgIpc) is 2.90. The Morgan fingerprint density at radius 3 is 3.16 bits per heavy atom. The number of hydrazone groups is 1. The molecule has 0 saturated heterocycles. The third kappa shape index (κ3) is 3.76. The Labute approximate surface area is 123 Å². The van der Waals surface area contributed by atoms with Crippen LogP contribution in [0.2, 0.25) is 0 Å². The fourth-order valence-electron chi connectivity index (χ4n) is 1.88. The minimum absolute atomic E-state index is 0.515. The van der Waals surface area contributed by atoms with E-state index in [4.69, 9.17) is 11.6 Å². The van der Waals surface area contributed by atoms with Crippen molar-refractivity contribution in [3.8, 4) is 0 Å². The number of allylic oxidation sites excluding steroid dienone is 3. The van der Waals surface area contributed by atoms with E-state index in [9.17, 15) is 0 Å². The quantitative estimate of drug-likeness (QED) is 0.493. The highest BCUT2D eigenvalue weighted by Gasteiger charge is 2.20. The number of halogens is 1. The molecule has 1 atom stereocenters. The molecule has 19 heavy (non-hydrogen) atoms. The molecule has 0 saturated carbocycles. The van der Waals surface area contributed by atoms with E-state index in [1.54, 1.807) is 7.05 Å². The second kappa shape index (κ2) is 7.01. The van der Waals surface area contributed by atoms with E-state index in [1.807, 2.05) is 11.2 Å². The molecule has 2 aliphatic rings. The fraction of sp³-hybridized carbons (Fsp3) is 0.538. The van der Waals surface area contributed by atoms with Gasteiger partial charge in [-0.25, -0.2) is 5.01 Å². The summed E-state index contributed by atoms with van der Waals surface area (Å²) >= 11 is 7.70. The van der Waals surface area contributed by atoms with Crippen LogP contribution in [0.25, 0.3) is 0 Å². The highest BCUT2D eigenvalue weighted by atomic mass is 35.5. The van der Waals surface area contributed by atoms with Crippen LogP contribution in [0.5, 0.6) is 0 Å². The van der Waals surface area contributed by atoms with Gasteiger partial charge < -0.3 is 0 Å². The van der Waals surface area contributed by atoms with E-state index < -0.39 is 0 Å². The van der Waals surface area contributed by atoms with Crippen LogP contribution in [0.15, 0.2) is 32.2 Å². The van der Waals surface area contributed by atoms with E-state index >= 15 is 0 Å². The Morgan fingerprint density at radius 2 is 2.53 bits per heavy atom. The summed E-state index contributed by atoms with van der Waals surface area (Å²) in [5.74, 6) is 1.29. The number of rotatable bonds is 3. The van der Waals surface area contributed by atoms with E-state index in [2.05, 4.69) is 33.9 Å². The molecule has 0 aromatic rings. The van der Waals surface area contributed by atoms with Crippen LogP contribution in [-0.4, -0.2) is 30.8 Å². The highest BCUT2D eigenvalue weighted by Crippen LogP contribution is 2.29. The Bertz CT molecular complexity index is 442. The average molecular weight is 299 g/mol. The molecule has 0 radical (unpaired) electrons. The number of nitrogens with one attached hydrogen (secondary N) is 1. The van der Waals surface area contributed by atoms with Crippen LogP contribution in [-0.2, 0) is 0 Å². The topological polar surface area (TPSA) is 40.0 Å². The molecule has 0 aromatic heterocycles. The molecule has 1 aliphatic heterocycles. The smallest absolute Gasteiger partial charge is 0.224 e. The minimum atomic E-state index is 0.515. The van der Waals surface area contributed by atoms with Gasteiger partial charge in [-0.15, -0.1) is 0 Å². The largest absolute Gasteiger partial charge is 0.295 e. The van der Waals surface area contributed by atoms with Gasteiger partial charge in [-0.05, 0) is 37.3 Å². The molecule has 0 aromatic carbocycles. The lowest BCUT2D eigenvalue weighted by atomic mass is 10.1. The van der Waals surface area contributed by atoms with Gasteiger partial charge >= 0.3 is 0 Å². The molecule has 1 aliphatic carbocycles. The molecule has 1 heterocycles. The molecule has 1 unspecified atom stereocenters. The number of hydrogen-bond donors (Lipinski definition) is 1. The summed E-state index contributed by atoms with van der Waals surface area (Å²) in [4.78, 5) is 5.31. The van der Waals surface area contributed by atoms with Gasteiger partial charge in [0.25, 0.3) is 0 Å². The zero-order chi connectivity index (χ0) is 13.7. The van der Waals surface area contributed by atoms with Crippen LogP contribution < -0.4 is 4.72 Å². The molecule has 0 spiro atoms. The van der Waals surface area contributed by atoms with Gasteiger partial charge in [0.2, 0.25) is 5.96 Å². The molecule has 104 valence electrons. The van der Waals surface area contributed by atoms with Crippen LogP contribution >= 0.6 is 23.5 Å². The lowest BCUT2D eigenvalue weighted by Gasteiger charge is -2.19. The molecule has 0 amide bonds. The standard InChI is InChI=1S/C13H19ClN4S/c1-3-10-8-16-18(9-10)13(15-2)17-19-12-7-5-4-6-11(12)14/h5,7-8,10H,3-4,6,9H2,1-2H3,(H,15,17). The zero-order valence-electron chi connectivity index (χ0n) is 11.3. The van der Waals surface area contributed by atoms with E-state index in [0.29, 0.717) is 5.92 Å². The van der Waals surface area contributed by atoms with Crippen molar-refractivity contribution in [2.24, 2.45) is 16.0 Å². The van der Waals surface area contributed by atoms with Crippen molar-refractivity contribution >= 4 is 35.7 Å². The van der Waals surface area contributed by atoms with Crippen molar-refractivity contribution in [3.63, 3.8) is 0 Å². The van der Waals surface area contributed by atoms with E-state index in [1.165, 1.54) is 11.9 Å². The van der Waals surface area contributed by atoms with Crippen LogP contribution in [0.4, 0.5) is 0 Å². The predicted octanol–water partition coefficient (Wildman–Crippen LogP) is 3.34. The molecule has 2 rings (SSSR count). The van der Waals surface area contributed by atoms with Gasteiger partial charge in [-0.2, -0.15) is 5.10 Å². The highest BCUT2D eigenvalue weighted by molar-refractivity contribution is 8.02. The SMILES string of the molecule is CCC1C=NN(C(=NC)NSC2=C(Cl)CCC=C2)C1. The Hall–Kier alpha value is -0.940. The first-order valence-electron chi connectivity index (χ1n) is 6.51. The van der Waals surface area contributed by atoms with Crippen molar-refractivity contribution in [1.29, 1.82) is 0 Å². The van der Waals surface area contributed by atoms with Crippen molar-refractivity contribution in [3.05, 3.63) is 22.1 Å². The summed E-state index contributed by atoms with van der Waals surface area (Å²) in [5, 5.41) is 7.19. The van der Waals surface area contributed by atoms with Crippen LogP contribution in [0.3, 0.4) is 0 Å². The lowest BCUT2D eigenvalue weighted by Crippen LogP contribution is -2.34. The predicted molar refractivity (Wildman–Crippen MR) is 84.3 cm³/mol. The van der Waals surface area contributed by atoms with E-state index in [-0.39, 0.29) is 0 Å². The van der Waals surface area contributed by atoms with Gasteiger partial charge in [0.1, 0.15) is 0 Å². The third-order valence-corrected chi connectivity index (χ3v) is 4.52. The number of nitrogens with zero attached hydrogens (tertiary/aromatic N) is 3. The van der Waals surface area contributed by atoms with Gasteiger partial charge in [0.15, 0.2) is 0 Å². The molecule has 1 N–H and O–H groups in total. The Kier molecular flexibility index (Phi) is 5.34. The minimum Gasteiger partial charge on any atom is -0.295 e. The first-order valence-corrected chi connectivity index (χ1v) is 7.70. The summed E-state index contributed by atoms with van der Waals surface area (Å²) in [6.07, 6.45) is 9.22. The summed E-state index contributed by atoms with van der Waals surface area (Å²) < 4.78 is 3.24. The maximum atomic E-state index is 6.20. The molecule has 4 nitrogen and oxygen atoms in total. The first-order chi connectivity index (χ1) is 9.24. The van der Waals surface area contributed by atoms with Crippen molar-refractivity contribution in [2.45, 2.75) is 26.2 Å². The van der Waals surface area contributed by atoms with Crippen LogP contribution in [0, 0.1) is 5.92 Å². The lowest BCUT2D eigenvalue weighted by molar-refractivity contribution is 0.432. The second-order valence-corrected chi connectivity index (χ2v) is 5.78. The van der Waals surface area contributed by atoms with Crippen molar-refractivity contribution in [2.75, 3.05) is 13.6 Å². The van der Waals surface area contributed by atoms with Crippen molar-refractivity contribution in [1.82, 2.24) is 9.73 Å². The molecule has 0 fully saturated rings.